The number of allylic oxidation sites excluding steroid dienone is 3. The van der Waals surface area contributed by atoms with Crippen LogP contribution in [0.15, 0.2) is 36.0 Å². The van der Waals surface area contributed by atoms with E-state index in [4.69, 9.17) is 14.2 Å². The average Bonchev–Trinajstić information content (AvgIpc) is 4.10. The lowest BCUT2D eigenvalue weighted by Gasteiger charge is -2.58. The first-order valence-electron chi connectivity index (χ1n) is 34.3. The number of methoxy groups -OCH3 is 1. The van der Waals surface area contributed by atoms with E-state index in [1.54, 1.807) is 12.7 Å². The summed E-state index contributed by atoms with van der Waals surface area (Å²) in [6, 6.07) is 0.283. The summed E-state index contributed by atoms with van der Waals surface area (Å²) in [5, 5.41) is 3.68. The van der Waals surface area contributed by atoms with Crippen LogP contribution in [0.2, 0.25) is 0 Å². The van der Waals surface area contributed by atoms with Crippen molar-refractivity contribution in [2.45, 2.75) is 324 Å². The molecule has 3 saturated carbocycles. The molecular weight excluding hydrogens is 975 g/mol. The van der Waals surface area contributed by atoms with E-state index in [2.05, 4.69) is 85.0 Å². The first-order chi connectivity index (χ1) is 38.3. The summed E-state index contributed by atoms with van der Waals surface area (Å²) < 4.78 is 16.6. The van der Waals surface area contributed by atoms with E-state index >= 15 is 0 Å². The molecule has 0 bridgehead atoms. The molecule has 0 radical (unpaired) electrons. The number of fused-ring (bicyclic) bond motifs is 5. The Morgan fingerprint density at radius 3 is 1.84 bits per heavy atom. The van der Waals surface area contributed by atoms with Crippen LogP contribution in [0.5, 0.6) is 0 Å². The zero-order chi connectivity index (χ0) is 57.4. The van der Waals surface area contributed by atoms with Crippen LogP contribution in [0, 0.1) is 52.3 Å². The maximum Gasteiger partial charge on any atom is 0.306 e. The minimum absolute atomic E-state index is 0.0268. The van der Waals surface area contributed by atoms with Crippen LogP contribution >= 0.6 is 0 Å². The molecule has 0 spiro atoms. The minimum atomic E-state index is -0.131. The SMILES string of the molecule is CCCCCCCCCCC/C=C/COC.CCCCCCCCCCC/C=C/COC(=O)CCCC(CCCC=O)NCCCCCC(=O)OC1CCC2(C)C(=CCC3C2CCC2(C)C(C(C)CCC(C)C(C)C)CCC32)C1. The number of aldehydes is 1. The van der Waals surface area contributed by atoms with Crippen LogP contribution in [0.1, 0.15) is 312 Å². The van der Waals surface area contributed by atoms with Gasteiger partial charge >= 0.3 is 11.9 Å². The highest BCUT2D eigenvalue weighted by Gasteiger charge is 2.59. The van der Waals surface area contributed by atoms with Gasteiger partial charge in [0.05, 0.1) is 6.61 Å². The molecule has 0 saturated heterocycles. The van der Waals surface area contributed by atoms with Crippen LogP contribution in [0.25, 0.3) is 0 Å². The van der Waals surface area contributed by atoms with Gasteiger partial charge in [0.1, 0.15) is 19.0 Å². The molecule has 79 heavy (non-hydrogen) atoms. The molecule has 10 unspecified atom stereocenters. The molecule has 10 atom stereocenters. The Labute approximate surface area is 489 Å². The largest absolute Gasteiger partial charge is 0.462 e. The number of hydrogen-bond acceptors (Lipinski definition) is 7. The lowest BCUT2D eigenvalue weighted by molar-refractivity contribution is -0.151. The summed E-state index contributed by atoms with van der Waals surface area (Å²) in [5.41, 5.74) is 2.37. The Morgan fingerprint density at radius 1 is 0.620 bits per heavy atom. The monoisotopic (exact) mass is 1100 g/mol. The van der Waals surface area contributed by atoms with Crippen LogP contribution in [0.3, 0.4) is 0 Å². The quantitative estimate of drug-likeness (QED) is 0.0281. The van der Waals surface area contributed by atoms with E-state index < -0.39 is 0 Å². The number of ether oxygens (including phenoxy) is 3. The van der Waals surface area contributed by atoms with Crippen molar-refractivity contribution >= 4 is 18.2 Å². The topological polar surface area (TPSA) is 90.9 Å². The van der Waals surface area contributed by atoms with E-state index in [0.29, 0.717) is 31.3 Å². The van der Waals surface area contributed by atoms with E-state index in [9.17, 15) is 14.4 Å². The van der Waals surface area contributed by atoms with Crippen LogP contribution in [0.4, 0.5) is 0 Å². The fourth-order valence-corrected chi connectivity index (χ4v) is 15.0. The number of unbranched alkanes of at least 4 members (excludes halogenated alkanes) is 21. The normalized spacial score (nSPS) is 24.8. The molecular formula is C72H129NO6. The van der Waals surface area contributed by atoms with E-state index in [1.807, 2.05) is 6.08 Å². The smallest absolute Gasteiger partial charge is 0.306 e. The van der Waals surface area contributed by atoms with Gasteiger partial charge in [-0.1, -0.05) is 213 Å². The van der Waals surface area contributed by atoms with Crippen LogP contribution in [-0.4, -0.2) is 57.2 Å². The summed E-state index contributed by atoms with van der Waals surface area (Å²) in [5.74, 6) is 5.64. The second-order valence-corrected chi connectivity index (χ2v) is 26.9. The molecule has 3 fully saturated rings. The highest BCUT2D eigenvalue weighted by Crippen LogP contribution is 2.67. The van der Waals surface area contributed by atoms with Gasteiger partial charge in [-0.25, -0.2) is 0 Å². The fraction of sp³-hybridized carbons (Fsp3) is 0.875. The summed E-state index contributed by atoms with van der Waals surface area (Å²) in [6.45, 7) is 21.6. The maximum absolute atomic E-state index is 13.1. The zero-order valence-corrected chi connectivity index (χ0v) is 53.5. The van der Waals surface area contributed by atoms with Gasteiger partial charge in [-0.05, 0) is 168 Å². The Hall–Kier alpha value is -2.25. The average molecular weight is 1100 g/mol. The number of nitrogens with one attached hydrogen (secondary N) is 1. The summed E-state index contributed by atoms with van der Waals surface area (Å²) in [4.78, 5) is 36.4. The van der Waals surface area contributed by atoms with Gasteiger partial charge in [0.15, 0.2) is 0 Å². The Kier molecular flexibility index (Phi) is 39.0. The molecule has 458 valence electrons. The van der Waals surface area contributed by atoms with Gasteiger partial charge in [0.2, 0.25) is 0 Å². The van der Waals surface area contributed by atoms with Gasteiger partial charge in [-0.15, -0.1) is 0 Å². The number of carbonyl (C=O) groups excluding carboxylic acids is 3. The van der Waals surface area contributed by atoms with Crippen LogP contribution < -0.4 is 5.32 Å². The van der Waals surface area contributed by atoms with Crippen molar-refractivity contribution in [3.8, 4) is 0 Å². The predicted octanol–water partition coefficient (Wildman–Crippen LogP) is 20.4. The molecule has 4 aliphatic carbocycles. The molecule has 0 aromatic heterocycles. The Balaban J connectivity index is 0.000000884. The highest BCUT2D eigenvalue weighted by atomic mass is 16.5. The van der Waals surface area contributed by atoms with Gasteiger partial charge in [0.25, 0.3) is 0 Å². The third-order valence-electron chi connectivity index (χ3n) is 20.5. The van der Waals surface area contributed by atoms with Crippen LogP contribution in [-0.2, 0) is 28.6 Å². The van der Waals surface area contributed by atoms with Crippen molar-refractivity contribution in [2.75, 3.05) is 26.9 Å². The van der Waals surface area contributed by atoms with Crippen molar-refractivity contribution in [1.29, 1.82) is 0 Å². The lowest BCUT2D eigenvalue weighted by Crippen LogP contribution is -2.51. The van der Waals surface area contributed by atoms with Gasteiger partial charge < -0.3 is 24.3 Å². The lowest BCUT2D eigenvalue weighted by atomic mass is 9.47. The van der Waals surface area contributed by atoms with Gasteiger partial charge in [0, 0.05) is 38.8 Å². The second kappa shape index (κ2) is 43.4. The van der Waals surface area contributed by atoms with Gasteiger partial charge in [-0.2, -0.15) is 0 Å². The second-order valence-electron chi connectivity index (χ2n) is 26.9. The van der Waals surface area contributed by atoms with E-state index in [-0.39, 0.29) is 29.5 Å². The van der Waals surface area contributed by atoms with Crippen molar-refractivity contribution in [3.63, 3.8) is 0 Å². The molecule has 0 amide bonds. The highest BCUT2D eigenvalue weighted by molar-refractivity contribution is 5.69. The van der Waals surface area contributed by atoms with E-state index in [1.165, 1.54) is 167 Å². The summed E-state index contributed by atoms with van der Waals surface area (Å²) in [6.07, 6.45) is 59.7. The molecule has 7 nitrogen and oxygen atoms in total. The predicted molar refractivity (Wildman–Crippen MR) is 336 cm³/mol. The van der Waals surface area contributed by atoms with Gasteiger partial charge in [-0.3, -0.25) is 9.59 Å². The number of rotatable bonds is 45. The van der Waals surface area contributed by atoms with Crippen molar-refractivity contribution < 1.29 is 28.6 Å². The maximum atomic E-state index is 13.1. The molecule has 1 N–H and O–H groups in total. The third-order valence-corrected chi connectivity index (χ3v) is 20.5. The molecule has 0 aromatic rings. The molecule has 0 heterocycles. The Morgan fingerprint density at radius 2 is 1.22 bits per heavy atom. The summed E-state index contributed by atoms with van der Waals surface area (Å²) >= 11 is 0. The number of hydrogen-bond donors (Lipinski definition) is 1. The van der Waals surface area contributed by atoms with E-state index in [0.717, 1.165) is 131 Å². The Bertz CT molecular complexity index is 1650. The number of esters is 2. The first-order valence-corrected chi connectivity index (χ1v) is 34.3. The standard InChI is InChI=1S/C57H99NO5.C15H30O/c1-8-9-10-11-12-13-14-15-16-17-18-24-42-62-54(60)29-25-27-48(26-21-23-41-59)58-40-22-19-20-28-55(61)63-49-36-38-56(6)47(43-49)32-33-50-52-35-34-51(57(52,7)39-37-53(50)56)46(5)31-30-45(4)44(2)3;1-3-4-5-6-7-8-9-10-11-12-13-14-15-16-2/h18,24,32,41,44-46,48-53,58H,8-17,19-23,25-31,33-40,42-43H2,1-7H3;13-14H,3-12,15H2,1-2H3/b24-18+;14-13+. The minimum Gasteiger partial charge on any atom is -0.462 e. The third kappa shape index (κ3) is 28.3. The first kappa shape index (κ1) is 71.0. The zero-order valence-electron chi connectivity index (χ0n) is 53.5. The molecule has 4 rings (SSSR count). The molecule has 0 aliphatic heterocycles. The molecule has 7 heteroatoms. The number of carbonyl (C=O) groups is 3. The van der Waals surface area contributed by atoms with Crippen molar-refractivity contribution in [3.05, 3.63) is 36.0 Å². The van der Waals surface area contributed by atoms with Crippen molar-refractivity contribution in [2.24, 2.45) is 52.3 Å². The molecule has 0 aromatic carbocycles. The van der Waals surface area contributed by atoms with Crippen molar-refractivity contribution in [1.82, 2.24) is 5.32 Å². The molecule has 4 aliphatic rings. The fourth-order valence-electron chi connectivity index (χ4n) is 15.0. The summed E-state index contributed by atoms with van der Waals surface area (Å²) in [7, 11) is 1.74.